The van der Waals surface area contributed by atoms with Gasteiger partial charge < -0.3 is 14.8 Å². The molecule has 1 aliphatic rings. The number of anilines is 1. The van der Waals surface area contributed by atoms with Crippen molar-refractivity contribution in [2.75, 3.05) is 18.5 Å². The first-order valence-electron chi connectivity index (χ1n) is 11.6. The van der Waals surface area contributed by atoms with Crippen molar-refractivity contribution in [3.8, 4) is 11.5 Å². The standard InChI is InChI=1S/C28H26N2O4S2/c1-2-33-23-13-11-22(12-14-23)29-26(31)15-16-30-27(32)25(36-28(30)35)18-21-9-6-10-24(17-21)34-19-20-7-4-3-5-8-20/h3-14,17-18H,2,15-16,19H2,1H3,(H,29,31)/b25-18-. The molecule has 0 unspecified atom stereocenters. The number of carbonyl (C=O) groups is 2. The van der Waals surface area contributed by atoms with Crippen LogP contribution in [0.2, 0.25) is 0 Å². The second kappa shape index (κ2) is 12.4. The highest BCUT2D eigenvalue weighted by molar-refractivity contribution is 8.26. The zero-order valence-corrected chi connectivity index (χ0v) is 21.4. The molecule has 0 aliphatic carbocycles. The van der Waals surface area contributed by atoms with Gasteiger partial charge in [-0.2, -0.15) is 0 Å². The third kappa shape index (κ3) is 6.96. The Labute approximate surface area is 220 Å². The Kier molecular flexibility index (Phi) is 8.76. The Morgan fingerprint density at radius 3 is 2.53 bits per heavy atom. The fraction of sp³-hybridized carbons (Fsp3) is 0.179. The highest BCUT2D eigenvalue weighted by Gasteiger charge is 2.32. The first-order valence-corrected chi connectivity index (χ1v) is 12.8. The first-order chi connectivity index (χ1) is 17.5. The number of rotatable bonds is 10. The summed E-state index contributed by atoms with van der Waals surface area (Å²) in [7, 11) is 0. The van der Waals surface area contributed by atoms with Crippen LogP contribution in [0, 0.1) is 0 Å². The van der Waals surface area contributed by atoms with Crippen molar-refractivity contribution in [3.63, 3.8) is 0 Å². The Balaban J connectivity index is 1.32. The van der Waals surface area contributed by atoms with Gasteiger partial charge in [-0.25, -0.2) is 0 Å². The third-order valence-electron chi connectivity index (χ3n) is 5.29. The van der Waals surface area contributed by atoms with E-state index in [1.807, 2.05) is 61.5 Å². The van der Waals surface area contributed by atoms with E-state index in [2.05, 4.69) is 5.32 Å². The summed E-state index contributed by atoms with van der Waals surface area (Å²) >= 11 is 6.65. The SMILES string of the molecule is CCOc1ccc(NC(=O)CCN2C(=O)/C(=C/c3cccc(OCc4ccccc4)c3)SC2=S)cc1. The smallest absolute Gasteiger partial charge is 0.266 e. The number of nitrogens with one attached hydrogen (secondary N) is 1. The summed E-state index contributed by atoms with van der Waals surface area (Å²) in [6, 6.07) is 24.7. The monoisotopic (exact) mass is 518 g/mol. The van der Waals surface area contributed by atoms with E-state index in [9.17, 15) is 9.59 Å². The van der Waals surface area contributed by atoms with E-state index in [0.29, 0.717) is 33.9 Å². The molecule has 0 aromatic heterocycles. The van der Waals surface area contributed by atoms with Crippen LogP contribution in [0.15, 0.2) is 83.8 Å². The molecule has 1 aliphatic heterocycles. The Morgan fingerprint density at radius 1 is 1.00 bits per heavy atom. The molecule has 0 bridgehead atoms. The zero-order valence-electron chi connectivity index (χ0n) is 19.8. The number of hydrogen-bond acceptors (Lipinski definition) is 6. The minimum atomic E-state index is -0.200. The van der Waals surface area contributed by atoms with E-state index in [0.717, 1.165) is 16.9 Å². The average molecular weight is 519 g/mol. The molecule has 36 heavy (non-hydrogen) atoms. The van der Waals surface area contributed by atoms with E-state index >= 15 is 0 Å². The summed E-state index contributed by atoms with van der Waals surface area (Å²) in [5.41, 5.74) is 2.59. The van der Waals surface area contributed by atoms with Gasteiger partial charge in [0.05, 0.1) is 11.5 Å². The van der Waals surface area contributed by atoms with Crippen molar-refractivity contribution >= 4 is 51.9 Å². The molecule has 3 aromatic rings. The molecule has 0 saturated carbocycles. The van der Waals surface area contributed by atoms with Gasteiger partial charge in [-0.05, 0) is 60.5 Å². The Bertz CT molecular complexity index is 1260. The molecule has 6 nitrogen and oxygen atoms in total. The van der Waals surface area contributed by atoms with E-state index < -0.39 is 0 Å². The predicted octanol–water partition coefficient (Wildman–Crippen LogP) is 5.89. The highest BCUT2D eigenvalue weighted by atomic mass is 32.2. The second-order valence-electron chi connectivity index (χ2n) is 7.94. The minimum Gasteiger partial charge on any atom is -0.494 e. The number of amides is 2. The van der Waals surface area contributed by atoms with Crippen molar-refractivity contribution in [2.45, 2.75) is 20.0 Å². The lowest BCUT2D eigenvalue weighted by Gasteiger charge is -2.14. The number of ether oxygens (including phenoxy) is 2. The van der Waals surface area contributed by atoms with Crippen LogP contribution in [0.3, 0.4) is 0 Å². The largest absolute Gasteiger partial charge is 0.494 e. The van der Waals surface area contributed by atoms with E-state index in [-0.39, 0.29) is 24.8 Å². The molecule has 3 aromatic carbocycles. The molecule has 184 valence electrons. The second-order valence-corrected chi connectivity index (χ2v) is 9.61. The molecule has 4 rings (SSSR count). The van der Waals surface area contributed by atoms with Crippen LogP contribution < -0.4 is 14.8 Å². The summed E-state index contributed by atoms with van der Waals surface area (Å²) in [4.78, 5) is 27.4. The topological polar surface area (TPSA) is 67.9 Å². The van der Waals surface area contributed by atoms with Crippen LogP contribution in [0.4, 0.5) is 5.69 Å². The molecule has 0 spiro atoms. The maximum atomic E-state index is 13.0. The summed E-state index contributed by atoms with van der Waals surface area (Å²) in [6.45, 7) is 3.17. The highest BCUT2D eigenvalue weighted by Crippen LogP contribution is 2.33. The van der Waals surface area contributed by atoms with Gasteiger partial charge in [0.2, 0.25) is 5.91 Å². The Hall–Kier alpha value is -3.62. The molecule has 0 atom stereocenters. The van der Waals surface area contributed by atoms with Crippen molar-refractivity contribution in [3.05, 3.63) is 94.9 Å². The Morgan fingerprint density at radius 2 is 1.78 bits per heavy atom. The van der Waals surface area contributed by atoms with Crippen LogP contribution in [0.1, 0.15) is 24.5 Å². The van der Waals surface area contributed by atoms with Gasteiger partial charge in [-0.3, -0.25) is 14.5 Å². The molecular weight excluding hydrogens is 492 g/mol. The molecule has 8 heteroatoms. The van der Waals surface area contributed by atoms with Crippen LogP contribution in [0.5, 0.6) is 11.5 Å². The summed E-state index contributed by atoms with van der Waals surface area (Å²) < 4.78 is 11.7. The summed E-state index contributed by atoms with van der Waals surface area (Å²) in [6.07, 6.45) is 1.93. The predicted molar refractivity (Wildman–Crippen MR) is 148 cm³/mol. The zero-order chi connectivity index (χ0) is 25.3. The van der Waals surface area contributed by atoms with Crippen LogP contribution in [-0.4, -0.2) is 34.2 Å². The lowest BCUT2D eigenvalue weighted by atomic mass is 10.2. The lowest BCUT2D eigenvalue weighted by Crippen LogP contribution is -2.31. The number of thiocarbonyl (C=S) groups is 1. The van der Waals surface area contributed by atoms with Crippen molar-refractivity contribution in [1.29, 1.82) is 0 Å². The maximum Gasteiger partial charge on any atom is 0.266 e. The van der Waals surface area contributed by atoms with Crippen molar-refractivity contribution in [2.24, 2.45) is 0 Å². The van der Waals surface area contributed by atoms with Crippen LogP contribution >= 0.6 is 24.0 Å². The molecule has 1 N–H and O–H groups in total. The molecule has 0 radical (unpaired) electrons. The van der Waals surface area contributed by atoms with Gasteiger partial charge in [-0.1, -0.05) is 66.4 Å². The molecule has 2 amide bonds. The lowest BCUT2D eigenvalue weighted by molar-refractivity contribution is -0.122. The first kappa shape index (κ1) is 25.5. The van der Waals surface area contributed by atoms with Gasteiger partial charge in [0.1, 0.15) is 22.4 Å². The molecule has 1 fully saturated rings. The van der Waals surface area contributed by atoms with E-state index in [4.69, 9.17) is 21.7 Å². The average Bonchev–Trinajstić information content (AvgIpc) is 3.15. The molecular formula is C28H26N2O4S2. The number of benzene rings is 3. The number of nitrogens with zero attached hydrogens (tertiary/aromatic N) is 1. The number of carbonyl (C=O) groups excluding carboxylic acids is 2. The molecule has 1 saturated heterocycles. The van der Waals surface area contributed by atoms with Gasteiger partial charge in [0, 0.05) is 18.7 Å². The summed E-state index contributed by atoms with van der Waals surface area (Å²) in [5.74, 6) is 1.07. The molecule has 1 heterocycles. The minimum absolute atomic E-state index is 0.135. The number of hydrogen-bond donors (Lipinski definition) is 1. The summed E-state index contributed by atoms with van der Waals surface area (Å²) in [5, 5.41) is 2.83. The van der Waals surface area contributed by atoms with Gasteiger partial charge >= 0.3 is 0 Å². The fourth-order valence-corrected chi connectivity index (χ4v) is 4.83. The fourth-order valence-electron chi connectivity index (χ4n) is 3.52. The van der Waals surface area contributed by atoms with Crippen LogP contribution in [-0.2, 0) is 16.2 Å². The van der Waals surface area contributed by atoms with E-state index in [1.54, 1.807) is 30.3 Å². The normalized spacial score (nSPS) is 14.2. The van der Waals surface area contributed by atoms with Crippen LogP contribution in [0.25, 0.3) is 6.08 Å². The van der Waals surface area contributed by atoms with E-state index in [1.165, 1.54) is 16.7 Å². The van der Waals surface area contributed by atoms with Gasteiger partial charge in [-0.15, -0.1) is 0 Å². The maximum absolute atomic E-state index is 13.0. The van der Waals surface area contributed by atoms with Crippen molar-refractivity contribution in [1.82, 2.24) is 4.90 Å². The quantitative estimate of drug-likeness (QED) is 0.267. The van der Waals surface area contributed by atoms with Crippen molar-refractivity contribution < 1.29 is 19.1 Å². The van der Waals surface area contributed by atoms with Gasteiger partial charge in [0.25, 0.3) is 5.91 Å². The van der Waals surface area contributed by atoms with Gasteiger partial charge in [0.15, 0.2) is 0 Å². The third-order valence-corrected chi connectivity index (χ3v) is 6.67. The number of thioether (sulfide) groups is 1.